The number of carbonyl (C=O) groups is 2. The van der Waals surface area contributed by atoms with Gasteiger partial charge in [0, 0.05) is 10.9 Å². The zero-order chi connectivity index (χ0) is 16.7. The number of anilines is 2. The van der Waals surface area contributed by atoms with Gasteiger partial charge in [-0.25, -0.2) is 4.98 Å². The second kappa shape index (κ2) is 5.88. The number of amides is 2. The van der Waals surface area contributed by atoms with E-state index < -0.39 is 5.91 Å². The number of aromatic nitrogens is 2. The van der Waals surface area contributed by atoms with Crippen molar-refractivity contribution < 1.29 is 14.0 Å². The summed E-state index contributed by atoms with van der Waals surface area (Å²) in [5, 5.41) is 6.25. The van der Waals surface area contributed by atoms with Crippen molar-refractivity contribution in [3.8, 4) is 0 Å². The molecular formula is C15H11ClN4O3S. The molecule has 1 fully saturated rings. The van der Waals surface area contributed by atoms with Crippen LogP contribution in [0.15, 0.2) is 28.9 Å². The number of oxazole rings is 1. The number of hydrogen-bond donors (Lipinski definition) is 2. The highest BCUT2D eigenvalue weighted by molar-refractivity contribution is 7.22. The summed E-state index contributed by atoms with van der Waals surface area (Å²) in [6.45, 7) is 0. The van der Waals surface area contributed by atoms with E-state index in [1.807, 2.05) is 0 Å². The minimum atomic E-state index is -0.462. The van der Waals surface area contributed by atoms with E-state index in [2.05, 4.69) is 20.6 Å². The lowest BCUT2D eigenvalue weighted by Crippen LogP contribution is -2.15. The Hall–Kier alpha value is -2.45. The predicted molar refractivity (Wildman–Crippen MR) is 90.4 cm³/mol. The minimum absolute atomic E-state index is 0.0214. The third-order valence-corrected chi connectivity index (χ3v) is 4.65. The molecule has 2 heterocycles. The number of thiazole rings is 1. The van der Waals surface area contributed by atoms with Crippen LogP contribution in [0.2, 0.25) is 5.02 Å². The molecule has 0 spiro atoms. The van der Waals surface area contributed by atoms with Crippen LogP contribution in [0.3, 0.4) is 0 Å². The van der Waals surface area contributed by atoms with Gasteiger partial charge in [0.1, 0.15) is 6.26 Å². The molecule has 1 aromatic carbocycles. The van der Waals surface area contributed by atoms with Crippen LogP contribution in [0.25, 0.3) is 10.2 Å². The van der Waals surface area contributed by atoms with Crippen molar-refractivity contribution >= 4 is 56.1 Å². The predicted octanol–water partition coefficient (Wildman–Crippen LogP) is 3.54. The molecule has 3 aromatic rings. The van der Waals surface area contributed by atoms with Gasteiger partial charge in [0.05, 0.1) is 10.2 Å². The number of carbonyl (C=O) groups excluding carboxylic acids is 2. The number of nitrogens with one attached hydrogen (secondary N) is 2. The standard InChI is InChI=1S/C15H11ClN4O3S/c16-8-3-4-9-11(5-8)24-15(18-9)20-13(22)10-6-23-14(17-10)19-12(21)7-1-2-7/h3-7H,1-2H2,(H,17,19,21)(H,18,20,22). The van der Waals surface area contributed by atoms with Crippen molar-refractivity contribution in [1.82, 2.24) is 9.97 Å². The van der Waals surface area contributed by atoms with Gasteiger partial charge in [-0.1, -0.05) is 22.9 Å². The topological polar surface area (TPSA) is 97.1 Å². The average Bonchev–Trinajstić information content (AvgIpc) is 3.17. The molecule has 0 atom stereocenters. The van der Waals surface area contributed by atoms with Crippen LogP contribution in [-0.2, 0) is 4.79 Å². The van der Waals surface area contributed by atoms with Crippen molar-refractivity contribution in [3.05, 3.63) is 35.2 Å². The highest BCUT2D eigenvalue weighted by Gasteiger charge is 2.30. The monoisotopic (exact) mass is 362 g/mol. The first-order valence-corrected chi connectivity index (χ1v) is 8.42. The summed E-state index contributed by atoms with van der Waals surface area (Å²) in [6, 6.07) is 5.33. The number of fused-ring (bicyclic) bond motifs is 1. The maximum absolute atomic E-state index is 12.2. The number of hydrogen-bond acceptors (Lipinski definition) is 6. The van der Waals surface area contributed by atoms with E-state index in [9.17, 15) is 9.59 Å². The molecule has 0 saturated heterocycles. The zero-order valence-corrected chi connectivity index (χ0v) is 13.8. The lowest BCUT2D eigenvalue weighted by Gasteiger charge is -1.97. The molecular weight excluding hydrogens is 352 g/mol. The number of halogens is 1. The summed E-state index contributed by atoms with van der Waals surface area (Å²) in [5.74, 6) is -0.563. The van der Waals surface area contributed by atoms with Crippen LogP contribution in [0.4, 0.5) is 11.1 Å². The Bertz CT molecular complexity index is 947. The van der Waals surface area contributed by atoms with Crippen molar-refractivity contribution in [1.29, 1.82) is 0 Å². The number of benzene rings is 1. The maximum atomic E-state index is 12.2. The fourth-order valence-corrected chi connectivity index (χ4v) is 3.24. The highest BCUT2D eigenvalue weighted by Crippen LogP contribution is 2.30. The molecule has 0 unspecified atom stereocenters. The molecule has 1 aliphatic rings. The van der Waals surface area contributed by atoms with Crippen LogP contribution >= 0.6 is 22.9 Å². The molecule has 2 amide bonds. The molecule has 0 aliphatic heterocycles. The molecule has 1 saturated carbocycles. The van der Waals surface area contributed by atoms with E-state index in [0.717, 1.165) is 23.1 Å². The summed E-state index contributed by atoms with van der Waals surface area (Å²) >= 11 is 7.24. The van der Waals surface area contributed by atoms with Crippen LogP contribution < -0.4 is 10.6 Å². The Labute approximate surface area is 145 Å². The highest BCUT2D eigenvalue weighted by atomic mass is 35.5. The first kappa shape index (κ1) is 15.1. The SMILES string of the molecule is O=C(Nc1nc2ccc(Cl)cc2s1)c1coc(NC(=O)C2CC2)n1. The Morgan fingerprint density at radius 1 is 1.25 bits per heavy atom. The van der Waals surface area contributed by atoms with E-state index in [4.69, 9.17) is 16.0 Å². The Morgan fingerprint density at radius 2 is 2.08 bits per heavy atom. The molecule has 122 valence electrons. The number of rotatable bonds is 4. The van der Waals surface area contributed by atoms with Crippen LogP contribution in [-0.4, -0.2) is 21.8 Å². The molecule has 2 N–H and O–H groups in total. The normalized spacial score (nSPS) is 13.9. The van der Waals surface area contributed by atoms with E-state index in [1.54, 1.807) is 18.2 Å². The summed E-state index contributed by atoms with van der Waals surface area (Å²) in [5.41, 5.74) is 0.815. The van der Waals surface area contributed by atoms with Crippen molar-refractivity contribution in [2.75, 3.05) is 10.6 Å². The summed E-state index contributed by atoms with van der Waals surface area (Å²) in [4.78, 5) is 32.1. The van der Waals surface area contributed by atoms with Crippen LogP contribution in [0.1, 0.15) is 23.3 Å². The first-order valence-electron chi connectivity index (χ1n) is 7.22. The molecule has 1 aliphatic carbocycles. The van der Waals surface area contributed by atoms with Gasteiger partial charge in [-0.3, -0.25) is 20.2 Å². The molecule has 0 radical (unpaired) electrons. The zero-order valence-electron chi connectivity index (χ0n) is 12.2. The van der Waals surface area contributed by atoms with Crippen LogP contribution in [0.5, 0.6) is 0 Å². The van der Waals surface area contributed by atoms with E-state index in [1.165, 1.54) is 17.6 Å². The van der Waals surface area contributed by atoms with Crippen molar-refractivity contribution in [2.45, 2.75) is 12.8 Å². The van der Waals surface area contributed by atoms with E-state index in [0.29, 0.717) is 10.2 Å². The summed E-state index contributed by atoms with van der Waals surface area (Å²) in [6.07, 6.45) is 2.95. The largest absolute Gasteiger partial charge is 0.431 e. The molecule has 7 nitrogen and oxygen atoms in total. The average molecular weight is 363 g/mol. The van der Waals surface area contributed by atoms with Crippen molar-refractivity contribution in [3.63, 3.8) is 0 Å². The van der Waals surface area contributed by atoms with E-state index in [-0.39, 0.29) is 23.5 Å². The molecule has 0 bridgehead atoms. The molecule has 9 heteroatoms. The third-order valence-electron chi connectivity index (χ3n) is 3.49. The summed E-state index contributed by atoms with van der Waals surface area (Å²) < 4.78 is 5.98. The van der Waals surface area contributed by atoms with Gasteiger partial charge in [-0.05, 0) is 31.0 Å². The van der Waals surface area contributed by atoms with Gasteiger partial charge in [0.15, 0.2) is 10.8 Å². The number of nitrogens with zero attached hydrogens (tertiary/aromatic N) is 2. The quantitative estimate of drug-likeness (QED) is 0.739. The minimum Gasteiger partial charge on any atom is -0.431 e. The van der Waals surface area contributed by atoms with Gasteiger partial charge >= 0.3 is 6.01 Å². The first-order chi connectivity index (χ1) is 11.6. The van der Waals surface area contributed by atoms with Gasteiger partial charge in [0.2, 0.25) is 5.91 Å². The molecule has 2 aromatic heterocycles. The maximum Gasteiger partial charge on any atom is 0.302 e. The third kappa shape index (κ3) is 3.10. The fourth-order valence-electron chi connectivity index (χ4n) is 2.10. The lowest BCUT2D eigenvalue weighted by molar-refractivity contribution is -0.117. The summed E-state index contributed by atoms with van der Waals surface area (Å²) in [7, 11) is 0. The van der Waals surface area contributed by atoms with E-state index >= 15 is 0 Å². The smallest absolute Gasteiger partial charge is 0.302 e. The Kier molecular flexibility index (Phi) is 3.70. The second-order valence-electron chi connectivity index (χ2n) is 5.39. The van der Waals surface area contributed by atoms with Gasteiger partial charge < -0.3 is 4.42 Å². The van der Waals surface area contributed by atoms with Gasteiger partial charge in [-0.2, -0.15) is 4.98 Å². The van der Waals surface area contributed by atoms with Gasteiger partial charge in [-0.15, -0.1) is 0 Å². The van der Waals surface area contributed by atoms with Crippen LogP contribution in [0, 0.1) is 5.92 Å². The molecule has 4 rings (SSSR count). The Balaban J connectivity index is 1.46. The van der Waals surface area contributed by atoms with Crippen molar-refractivity contribution in [2.24, 2.45) is 5.92 Å². The molecule has 24 heavy (non-hydrogen) atoms. The fraction of sp³-hybridized carbons (Fsp3) is 0.200. The second-order valence-corrected chi connectivity index (χ2v) is 6.85. The lowest BCUT2D eigenvalue weighted by atomic mass is 10.3. The van der Waals surface area contributed by atoms with Gasteiger partial charge in [0.25, 0.3) is 5.91 Å². The Morgan fingerprint density at radius 3 is 2.88 bits per heavy atom.